The minimum atomic E-state index is -0.248. The summed E-state index contributed by atoms with van der Waals surface area (Å²) >= 11 is 0. The first kappa shape index (κ1) is 14.0. The number of rotatable bonds is 6. The molecule has 106 valence electrons. The van der Waals surface area contributed by atoms with Crippen LogP contribution in [-0.4, -0.2) is 36.3 Å². The standard InChI is InChI=1S/C13H16N4O3/c1-9-7-12(17-20-9)16-10-3-4-14-11(8-10)13(18)15-5-6-19-2/h3-4,7-8H,5-6H2,1-2H3,(H,15,18)(H,14,16,17). The summed E-state index contributed by atoms with van der Waals surface area (Å²) in [6, 6.07) is 5.15. The Morgan fingerprint density at radius 2 is 2.30 bits per heavy atom. The lowest BCUT2D eigenvalue weighted by Gasteiger charge is -2.06. The van der Waals surface area contributed by atoms with Crippen molar-refractivity contribution in [3.63, 3.8) is 0 Å². The fourth-order valence-electron chi connectivity index (χ4n) is 1.56. The van der Waals surface area contributed by atoms with Crippen LogP contribution in [0.4, 0.5) is 11.5 Å². The van der Waals surface area contributed by atoms with Gasteiger partial charge in [0.05, 0.1) is 6.61 Å². The number of aromatic nitrogens is 2. The number of amides is 1. The molecule has 0 radical (unpaired) electrons. The monoisotopic (exact) mass is 276 g/mol. The van der Waals surface area contributed by atoms with Crippen molar-refractivity contribution in [2.75, 3.05) is 25.6 Å². The Kier molecular flexibility index (Phi) is 4.67. The van der Waals surface area contributed by atoms with Crippen molar-refractivity contribution < 1.29 is 14.1 Å². The fourth-order valence-corrected chi connectivity index (χ4v) is 1.56. The predicted molar refractivity (Wildman–Crippen MR) is 73.0 cm³/mol. The Hall–Kier alpha value is -2.41. The first-order valence-corrected chi connectivity index (χ1v) is 6.12. The molecule has 2 aromatic heterocycles. The van der Waals surface area contributed by atoms with Gasteiger partial charge in [0, 0.05) is 31.6 Å². The van der Waals surface area contributed by atoms with Crippen molar-refractivity contribution in [1.29, 1.82) is 0 Å². The van der Waals surface area contributed by atoms with Crippen LogP contribution in [0.5, 0.6) is 0 Å². The van der Waals surface area contributed by atoms with Gasteiger partial charge in [0.25, 0.3) is 5.91 Å². The zero-order chi connectivity index (χ0) is 14.4. The van der Waals surface area contributed by atoms with Crippen LogP contribution in [0.1, 0.15) is 16.2 Å². The summed E-state index contributed by atoms with van der Waals surface area (Å²) in [5, 5.41) is 9.57. The molecule has 0 saturated heterocycles. The summed E-state index contributed by atoms with van der Waals surface area (Å²) in [5.74, 6) is 1.04. The van der Waals surface area contributed by atoms with Crippen molar-refractivity contribution in [3.05, 3.63) is 35.9 Å². The van der Waals surface area contributed by atoms with Gasteiger partial charge in [0.15, 0.2) is 5.82 Å². The lowest BCUT2D eigenvalue weighted by Crippen LogP contribution is -2.27. The molecule has 0 saturated carbocycles. The molecule has 0 bridgehead atoms. The second-order valence-corrected chi connectivity index (χ2v) is 4.13. The molecule has 0 spiro atoms. The Balaban J connectivity index is 2.02. The van der Waals surface area contributed by atoms with Gasteiger partial charge in [-0.05, 0) is 19.1 Å². The highest BCUT2D eigenvalue weighted by molar-refractivity contribution is 5.93. The van der Waals surface area contributed by atoms with Gasteiger partial charge in [0.2, 0.25) is 0 Å². The molecule has 2 heterocycles. The molecule has 0 aliphatic rings. The van der Waals surface area contributed by atoms with Gasteiger partial charge < -0.3 is 19.9 Å². The number of nitrogens with one attached hydrogen (secondary N) is 2. The lowest BCUT2D eigenvalue weighted by atomic mass is 10.3. The van der Waals surface area contributed by atoms with Crippen LogP contribution in [-0.2, 0) is 4.74 Å². The highest BCUT2D eigenvalue weighted by Gasteiger charge is 2.08. The first-order valence-electron chi connectivity index (χ1n) is 6.12. The Morgan fingerprint density at radius 3 is 3.00 bits per heavy atom. The maximum atomic E-state index is 11.8. The zero-order valence-corrected chi connectivity index (χ0v) is 11.3. The number of hydrogen-bond acceptors (Lipinski definition) is 6. The van der Waals surface area contributed by atoms with Crippen molar-refractivity contribution >= 4 is 17.4 Å². The van der Waals surface area contributed by atoms with E-state index in [1.165, 1.54) is 0 Å². The summed E-state index contributed by atoms with van der Waals surface area (Å²) in [7, 11) is 1.58. The van der Waals surface area contributed by atoms with Gasteiger partial charge in [-0.3, -0.25) is 9.78 Å². The van der Waals surface area contributed by atoms with Gasteiger partial charge in [-0.15, -0.1) is 0 Å². The van der Waals surface area contributed by atoms with Crippen LogP contribution in [0.25, 0.3) is 0 Å². The van der Waals surface area contributed by atoms with E-state index >= 15 is 0 Å². The van der Waals surface area contributed by atoms with Gasteiger partial charge in [0.1, 0.15) is 11.5 Å². The minimum Gasteiger partial charge on any atom is -0.383 e. The number of aryl methyl sites for hydroxylation is 1. The summed E-state index contributed by atoms with van der Waals surface area (Å²) in [6.45, 7) is 2.71. The molecule has 7 heteroatoms. The largest absolute Gasteiger partial charge is 0.383 e. The molecule has 7 nitrogen and oxygen atoms in total. The third kappa shape index (κ3) is 3.79. The molecule has 0 aliphatic carbocycles. The summed E-state index contributed by atoms with van der Waals surface area (Å²) in [4.78, 5) is 15.9. The highest BCUT2D eigenvalue weighted by Crippen LogP contribution is 2.16. The SMILES string of the molecule is COCCNC(=O)c1cc(Nc2cc(C)on2)ccn1. The van der Waals surface area contributed by atoms with E-state index in [2.05, 4.69) is 20.8 Å². The van der Waals surface area contributed by atoms with Crippen molar-refractivity contribution in [2.45, 2.75) is 6.92 Å². The number of carbonyl (C=O) groups excluding carboxylic acids is 1. The Morgan fingerprint density at radius 1 is 1.45 bits per heavy atom. The number of ether oxygens (including phenoxy) is 1. The number of anilines is 2. The van der Waals surface area contributed by atoms with Crippen LogP contribution in [0.15, 0.2) is 28.9 Å². The topological polar surface area (TPSA) is 89.3 Å². The first-order chi connectivity index (χ1) is 9.69. The molecular weight excluding hydrogens is 260 g/mol. The van der Waals surface area contributed by atoms with Crippen LogP contribution < -0.4 is 10.6 Å². The molecule has 0 atom stereocenters. The predicted octanol–water partition coefficient (Wildman–Crippen LogP) is 1.50. The molecule has 0 unspecified atom stereocenters. The maximum Gasteiger partial charge on any atom is 0.270 e. The van der Waals surface area contributed by atoms with Crippen molar-refractivity contribution in [1.82, 2.24) is 15.5 Å². The zero-order valence-electron chi connectivity index (χ0n) is 11.3. The summed E-state index contributed by atoms with van der Waals surface area (Å²) < 4.78 is 9.83. The van der Waals surface area contributed by atoms with Crippen LogP contribution >= 0.6 is 0 Å². The molecule has 2 rings (SSSR count). The summed E-state index contributed by atoms with van der Waals surface area (Å²) in [6.07, 6.45) is 1.56. The van der Waals surface area contributed by atoms with E-state index in [0.717, 1.165) is 0 Å². The number of pyridine rings is 1. The number of hydrogen-bond donors (Lipinski definition) is 2. The molecule has 0 aromatic carbocycles. The Bertz CT molecular complexity index is 583. The molecule has 2 aromatic rings. The molecule has 1 amide bonds. The second kappa shape index (κ2) is 6.67. The van der Waals surface area contributed by atoms with E-state index in [0.29, 0.717) is 36.1 Å². The maximum absolute atomic E-state index is 11.8. The van der Waals surface area contributed by atoms with E-state index in [1.807, 2.05) is 0 Å². The quantitative estimate of drug-likeness (QED) is 0.777. The third-order valence-corrected chi connectivity index (χ3v) is 2.48. The van der Waals surface area contributed by atoms with Crippen LogP contribution in [0.3, 0.4) is 0 Å². The van der Waals surface area contributed by atoms with E-state index in [-0.39, 0.29) is 5.91 Å². The molecule has 0 aliphatic heterocycles. The normalized spacial score (nSPS) is 10.3. The van der Waals surface area contributed by atoms with Gasteiger partial charge >= 0.3 is 0 Å². The van der Waals surface area contributed by atoms with E-state index in [4.69, 9.17) is 9.26 Å². The van der Waals surface area contributed by atoms with Crippen LogP contribution in [0, 0.1) is 6.92 Å². The fraction of sp³-hybridized carbons (Fsp3) is 0.308. The van der Waals surface area contributed by atoms with Crippen molar-refractivity contribution in [2.24, 2.45) is 0 Å². The van der Waals surface area contributed by atoms with Gasteiger partial charge in [-0.25, -0.2) is 0 Å². The van der Waals surface area contributed by atoms with E-state index < -0.39 is 0 Å². The molecule has 2 N–H and O–H groups in total. The smallest absolute Gasteiger partial charge is 0.270 e. The van der Waals surface area contributed by atoms with Gasteiger partial charge in [-0.2, -0.15) is 0 Å². The highest BCUT2D eigenvalue weighted by atomic mass is 16.5. The number of carbonyl (C=O) groups is 1. The lowest BCUT2D eigenvalue weighted by molar-refractivity contribution is 0.0932. The average Bonchev–Trinajstić information content (AvgIpc) is 2.84. The summed E-state index contributed by atoms with van der Waals surface area (Å²) in [5.41, 5.74) is 1.04. The number of methoxy groups -OCH3 is 1. The number of nitrogens with zero attached hydrogens (tertiary/aromatic N) is 2. The molecule has 0 fully saturated rings. The van der Waals surface area contributed by atoms with E-state index in [9.17, 15) is 4.79 Å². The Labute approximate surface area is 116 Å². The van der Waals surface area contributed by atoms with E-state index in [1.54, 1.807) is 38.4 Å². The van der Waals surface area contributed by atoms with Crippen LogP contribution in [0.2, 0.25) is 0 Å². The van der Waals surface area contributed by atoms with Gasteiger partial charge in [-0.1, -0.05) is 5.16 Å². The average molecular weight is 276 g/mol. The molecule has 20 heavy (non-hydrogen) atoms. The van der Waals surface area contributed by atoms with Crippen molar-refractivity contribution in [3.8, 4) is 0 Å². The minimum absolute atomic E-state index is 0.248. The second-order valence-electron chi connectivity index (χ2n) is 4.13. The third-order valence-electron chi connectivity index (χ3n) is 2.48. The molecular formula is C13H16N4O3.